The molecule has 0 radical (unpaired) electrons. The van der Waals surface area contributed by atoms with Crippen LogP contribution >= 0.6 is 15.9 Å². The lowest BCUT2D eigenvalue weighted by Gasteiger charge is -2.08. The largest absolute Gasteiger partial charge is 0.324 e. The lowest BCUT2D eigenvalue weighted by Crippen LogP contribution is -2.20. The molecule has 0 spiro atoms. The number of aryl methyl sites for hydroxylation is 1. The number of nitrogens with one attached hydrogen (secondary N) is 2. The second kappa shape index (κ2) is 6.17. The van der Waals surface area contributed by atoms with Crippen LogP contribution in [-0.4, -0.2) is 11.0 Å². The molecule has 2 amide bonds. The minimum absolute atomic E-state index is 0.408. The summed E-state index contributed by atoms with van der Waals surface area (Å²) in [5.74, 6) is 0.458. The highest BCUT2D eigenvalue weighted by Crippen LogP contribution is 2.16. The number of carbonyl (C=O) groups excluding carboxylic acids is 1. The first-order valence-electron chi connectivity index (χ1n) is 5.80. The predicted molar refractivity (Wildman–Crippen MR) is 80.5 cm³/mol. The molecular formula is C14H11BrN4O. The quantitative estimate of drug-likeness (QED) is 0.881. The topological polar surface area (TPSA) is 77.8 Å². The van der Waals surface area contributed by atoms with Gasteiger partial charge >= 0.3 is 6.03 Å². The minimum atomic E-state index is -0.408. The summed E-state index contributed by atoms with van der Waals surface area (Å²) >= 11 is 3.34. The fourth-order valence-electron chi connectivity index (χ4n) is 1.56. The number of halogens is 1. The maximum Gasteiger partial charge on any atom is 0.324 e. The summed E-state index contributed by atoms with van der Waals surface area (Å²) in [6, 6.07) is 11.8. The van der Waals surface area contributed by atoms with Crippen LogP contribution in [0.2, 0.25) is 0 Å². The Hall–Kier alpha value is -2.39. The molecule has 2 aromatic rings. The Morgan fingerprint density at radius 1 is 1.30 bits per heavy atom. The summed E-state index contributed by atoms with van der Waals surface area (Å²) in [6.07, 6.45) is 0. The third-order valence-corrected chi connectivity index (χ3v) is 3.35. The van der Waals surface area contributed by atoms with Crippen molar-refractivity contribution in [3.63, 3.8) is 0 Å². The normalized spacial score (nSPS) is 9.65. The fraction of sp³-hybridized carbons (Fsp3) is 0.0714. The molecule has 1 aromatic carbocycles. The van der Waals surface area contributed by atoms with Crippen LogP contribution in [0.25, 0.3) is 0 Å². The average molecular weight is 331 g/mol. The Bertz CT molecular complexity index is 694. The summed E-state index contributed by atoms with van der Waals surface area (Å²) < 4.78 is 0.880. The molecule has 1 heterocycles. The Balaban J connectivity index is 2.05. The molecule has 0 aliphatic heterocycles. The van der Waals surface area contributed by atoms with E-state index in [1.54, 1.807) is 30.3 Å². The summed E-state index contributed by atoms with van der Waals surface area (Å²) in [4.78, 5) is 16.0. The van der Waals surface area contributed by atoms with Crippen LogP contribution in [0.3, 0.4) is 0 Å². The molecule has 20 heavy (non-hydrogen) atoms. The highest BCUT2D eigenvalue weighted by atomic mass is 79.9. The number of hydrogen-bond donors (Lipinski definition) is 2. The van der Waals surface area contributed by atoms with E-state index in [4.69, 9.17) is 5.26 Å². The molecule has 0 atom stereocenters. The number of benzene rings is 1. The van der Waals surface area contributed by atoms with E-state index in [0.29, 0.717) is 17.1 Å². The van der Waals surface area contributed by atoms with Gasteiger partial charge in [-0.15, -0.1) is 0 Å². The second-order valence-electron chi connectivity index (χ2n) is 4.04. The zero-order valence-corrected chi connectivity index (χ0v) is 12.2. The molecule has 0 saturated heterocycles. The molecule has 2 N–H and O–H groups in total. The van der Waals surface area contributed by atoms with E-state index in [1.165, 1.54) is 0 Å². The monoisotopic (exact) mass is 330 g/mol. The van der Waals surface area contributed by atoms with Gasteiger partial charge in [0.2, 0.25) is 0 Å². The van der Waals surface area contributed by atoms with Crippen LogP contribution < -0.4 is 10.6 Å². The smallest absolute Gasteiger partial charge is 0.308 e. The van der Waals surface area contributed by atoms with Crippen molar-refractivity contribution < 1.29 is 4.79 Å². The van der Waals surface area contributed by atoms with Crippen LogP contribution in [0.5, 0.6) is 0 Å². The molecule has 0 bridgehead atoms. The molecule has 6 heteroatoms. The molecule has 0 aliphatic carbocycles. The molecule has 0 aliphatic rings. The van der Waals surface area contributed by atoms with E-state index in [-0.39, 0.29) is 0 Å². The Kier molecular flexibility index (Phi) is 4.33. The third kappa shape index (κ3) is 3.56. The van der Waals surface area contributed by atoms with Gasteiger partial charge in [0.25, 0.3) is 0 Å². The number of urea groups is 1. The minimum Gasteiger partial charge on any atom is -0.308 e. The number of nitrogens with zero attached hydrogens (tertiary/aromatic N) is 2. The van der Waals surface area contributed by atoms with Crippen molar-refractivity contribution in [2.75, 3.05) is 10.6 Å². The van der Waals surface area contributed by atoms with Crippen LogP contribution in [0.4, 0.5) is 16.3 Å². The van der Waals surface area contributed by atoms with Gasteiger partial charge in [0, 0.05) is 10.2 Å². The number of hydrogen-bond acceptors (Lipinski definition) is 3. The van der Waals surface area contributed by atoms with E-state index < -0.39 is 6.03 Å². The van der Waals surface area contributed by atoms with Gasteiger partial charge in [0.05, 0.1) is 17.3 Å². The van der Waals surface area contributed by atoms with Crippen LogP contribution in [0.15, 0.2) is 40.9 Å². The molecule has 0 saturated carbocycles. The number of pyridine rings is 1. The summed E-state index contributed by atoms with van der Waals surface area (Å²) in [5.41, 5.74) is 1.82. The van der Waals surface area contributed by atoms with Crippen LogP contribution in [0, 0.1) is 18.3 Å². The van der Waals surface area contributed by atoms with Crippen molar-refractivity contribution in [3.05, 3.63) is 52.1 Å². The average Bonchev–Trinajstić information content (AvgIpc) is 2.43. The Labute approximate surface area is 124 Å². The SMILES string of the molecule is Cc1nc(NC(=O)Nc2cccc(C#N)c2)ccc1Br. The molecule has 100 valence electrons. The highest BCUT2D eigenvalue weighted by molar-refractivity contribution is 9.10. The molecule has 0 fully saturated rings. The van der Waals surface area contributed by atoms with Gasteiger partial charge in [-0.1, -0.05) is 6.07 Å². The molecular weight excluding hydrogens is 320 g/mol. The van der Waals surface area contributed by atoms with E-state index >= 15 is 0 Å². The van der Waals surface area contributed by atoms with Gasteiger partial charge in [-0.3, -0.25) is 5.32 Å². The molecule has 1 aromatic heterocycles. The van der Waals surface area contributed by atoms with E-state index in [1.807, 2.05) is 19.1 Å². The number of aromatic nitrogens is 1. The van der Waals surface area contributed by atoms with Crippen molar-refractivity contribution in [3.8, 4) is 6.07 Å². The van der Waals surface area contributed by atoms with Gasteiger partial charge in [0.1, 0.15) is 5.82 Å². The van der Waals surface area contributed by atoms with E-state index in [0.717, 1.165) is 10.2 Å². The van der Waals surface area contributed by atoms with Crippen molar-refractivity contribution in [1.82, 2.24) is 4.98 Å². The maximum atomic E-state index is 11.8. The molecule has 0 unspecified atom stereocenters. The van der Waals surface area contributed by atoms with Gasteiger partial charge in [0.15, 0.2) is 0 Å². The number of rotatable bonds is 2. The first-order chi connectivity index (χ1) is 9.58. The molecule has 5 nitrogen and oxygen atoms in total. The van der Waals surface area contributed by atoms with Crippen LogP contribution in [0.1, 0.15) is 11.3 Å². The Morgan fingerprint density at radius 3 is 2.80 bits per heavy atom. The third-order valence-electron chi connectivity index (χ3n) is 2.51. The van der Waals surface area contributed by atoms with Crippen molar-refractivity contribution >= 4 is 33.5 Å². The highest BCUT2D eigenvalue weighted by Gasteiger charge is 2.05. The first kappa shape index (κ1) is 14.0. The van der Waals surface area contributed by atoms with E-state index in [9.17, 15) is 4.79 Å². The fourth-order valence-corrected chi connectivity index (χ4v) is 1.78. The summed E-state index contributed by atoms with van der Waals surface area (Å²) in [6.45, 7) is 1.84. The van der Waals surface area contributed by atoms with E-state index in [2.05, 4.69) is 31.5 Å². The summed E-state index contributed by atoms with van der Waals surface area (Å²) in [5, 5.41) is 14.1. The van der Waals surface area contributed by atoms with Gasteiger partial charge in [-0.05, 0) is 53.2 Å². The number of amides is 2. The van der Waals surface area contributed by atoms with Crippen molar-refractivity contribution in [1.29, 1.82) is 5.26 Å². The zero-order chi connectivity index (χ0) is 14.5. The number of nitriles is 1. The molecule has 2 rings (SSSR count). The second-order valence-corrected chi connectivity index (χ2v) is 4.89. The summed E-state index contributed by atoms with van der Waals surface area (Å²) in [7, 11) is 0. The lowest BCUT2D eigenvalue weighted by molar-refractivity contribution is 0.262. The van der Waals surface area contributed by atoms with Crippen LogP contribution in [-0.2, 0) is 0 Å². The Morgan fingerprint density at radius 2 is 2.10 bits per heavy atom. The zero-order valence-electron chi connectivity index (χ0n) is 10.6. The standard InChI is InChI=1S/C14H11BrN4O/c1-9-12(15)5-6-13(17-9)19-14(20)18-11-4-2-3-10(7-11)8-16/h2-7H,1H3,(H2,17,18,19,20). The number of carbonyl (C=O) groups is 1. The first-order valence-corrected chi connectivity index (χ1v) is 6.59. The van der Waals surface area contributed by atoms with Gasteiger partial charge in [-0.2, -0.15) is 5.26 Å². The number of anilines is 2. The lowest BCUT2D eigenvalue weighted by atomic mass is 10.2. The maximum absolute atomic E-state index is 11.8. The van der Waals surface area contributed by atoms with Gasteiger partial charge in [-0.25, -0.2) is 9.78 Å². The predicted octanol–water partition coefficient (Wildman–Crippen LogP) is 3.67. The van der Waals surface area contributed by atoms with Crippen molar-refractivity contribution in [2.45, 2.75) is 6.92 Å². The van der Waals surface area contributed by atoms with Crippen molar-refractivity contribution in [2.24, 2.45) is 0 Å². The van der Waals surface area contributed by atoms with Gasteiger partial charge < -0.3 is 5.32 Å².